The second kappa shape index (κ2) is 6.04. The van der Waals surface area contributed by atoms with E-state index in [0.29, 0.717) is 11.3 Å². The number of para-hydroxylation sites is 1. The average molecular weight is 330 g/mol. The summed E-state index contributed by atoms with van der Waals surface area (Å²) in [5.41, 5.74) is 1.11. The van der Waals surface area contributed by atoms with Crippen LogP contribution in [0.25, 0.3) is 0 Å². The van der Waals surface area contributed by atoms with Crippen molar-refractivity contribution < 1.29 is 13.2 Å². The summed E-state index contributed by atoms with van der Waals surface area (Å²) in [4.78, 5) is 14.0. The van der Waals surface area contributed by atoms with Gasteiger partial charge < -0.3 is 4.90 Å². The topological polar surface area (TPSA) is 57.7 Å². The van der Waals surface area contributed by atoms with Gasteiger partial charge in [-0.15, -0.1) is 0 Å². The highest BCUT2D eigenvalue weighted by molar-refractivity contribution is 7.92. The highest BCUT2D eigenvalue weighted by Gasteiger charge is 2.24. The Kier molecular flexibility index (Phi) is 4.09. The SMILES string of the molecule is CN(c1ccccc1)S(=O)(=O)c1ccc(C(=O)N2CCC2)cc1. The van der Waals surface area contributed by atoms with E-state index in [1.165, 1.54) is 23.5 Å². The Morgan fingerprint density at radius 2 is 1.61 bits per heavy atom. The van der Waals surface area contributed by atoms with Gasteiger partial charge in [-0.1, -0.05) is 18.2 Å². The van der Waals surface area contributed by atoms with Crippen LogP contribution in [0.1, 0.15) is 16.8 Å². The Balaban J connectivity index is 1.84. The molecule has 1 aliphatic heterocycles. The van der Waals surface area contributed by atoms with Crippen molar-refractivity contribution >= 4 is 21.6 Å². The van der Waals surface area contributed by atoms with Crippen LogP contribution in [-0.4, -0.2) is 39.4 Å². The molecule has 0 atom stereocenters. The minimum absolute atomic E-state index is 0.0448. The molecular formula is C17H18N2O3S. The number of hydrogen-bond donors (Lipinski definition) is 0. The van der Waals surface area contributed by atoms with Gasteiger partial charge in [0.15, 0.2) is 0 Å². The van der Waals surface area contributed by atoms with Gasteiger partial charge in [-0.3, -0.25) is 9.10 Å². The number of sulfonamides is 1. The molecule has 120 valence electrons. The van der Waals surface area contributed by atoms with Crippen LogP contribution < -0.4 is 4.31 Å². The number of likely N-dealkylation sites (tertiary alicyclic amines) is 1. The molecule has 2 aromatic rings. The van der Waals surface area contributed by atoms with E-state index in [-0.39, 0.29) is 10.8 Å². The van der Waals surface area contributed by atoms with E-state index in [1.807, 2.05) is 6.07 Å². The molecule has 23 heavy (non-hydrogen) atoms. The van der Waals surface area contributed by atoms with Crippen LogP contribution in [-0.2, 0) is 10.0 Å². The predicted molar refractivity (Wildman–Crippen MR) is 89.0 cm³/mol. The number of benzene rings is 2. The van der Waals surface area contributed by atoms with Gasteiger partial charge in [-0.05, 0) is 42.8 Å². The second-order valence-corrected chi connectivity index (χ2v) is 7.45. The minimum atomic E-state index is -3.64. The molecular weight excluding hydrogens is 312 g/mol. The fourth-order valence-electron chi connectivity index (χ4n) is 2.41. The summed E-state index contributed by atoms with van der Waals surface area (Å²) >= 11 is 0. The molecule has 0 radical (unpaired) electrons. The van der Waals surface area contributed by atoms with Gasteiger partial charge >= 0.3 is 0 Å². The van der Waals surface area contributed by atoms with Crippen LogP contribution in [0, 0.1) is 0 Å². The lowest BCUT2D eigenvalue weighted by molar-refractivity contribution is 0.0651. The maximum absolute atomic E-state index is 12.6. The van der Waals surface area contributed by atoms with E-state index in [2.05, 4.69) is 0 Å². The van der Waals surface area contributed by atoms with Crippen LogP contribution in [0.15, 0.2) is 59.5 Å². The van der Waals surface area contributed by atoms with E-state index in [9.17, 15) is 13.2 Å². The second-order valence-electron chi connectivity index (χ2n) is 5.48. The summed E-state index contributed by atoms with van der Waals surface area (Å²) in [6.45, 7) is 1.55. The molecule has 1 fully saturated rings. The van der Waals surface area contributed by atoms with Gasteiger partial charge in [-0.2, -0.15) is 0 Å². The molecule has 5 nitrogen and oxygen atoms in total. The van der Waals surface area contributed by atoms with E-state index < -0.39 is 10.0 Å². The molecule has 1 saturated heterocycles. The van der Waals surface area contributed by atoms with Crippen molar-refractivity contribution in [1.82, 2.24) is 4.90 Å². The van der Waals surface area contributed by atoms with Crippen LogP contribution in [0.3, 0.4) is 0 Å². The molecule has 2 aromatic carbocycles. The van der Waals surface area contributed by atoms with Crippen molar-refractivity contribution in [3.63, 3.8) is 0 Å². The first-order valence-corrected chi connectivity index (χ1v) is 8.87. The van der Waals surface area contributed by atoms with Crippen LogP contribution >= 0.6 is 0 Å². The van der Waals surface area contributed by atoms with Crippen LogP contribution in [0.5, 0.6) is 0 Å². The molecule has 1 heterocycles. The van der Waals surface area contributed by atoms with Gasteiger partial charge in [-0.25, -0.2) is 8.42 Å². The van der Waals surface area contributed by atoms with Gasteiger partial charge in [0.1, 0.15) is 0 Å². The first-order chi connectivity index (χ1) is 11.0. The van der Waals surface area contributed by atoms with Crippen molar-refractivity contribution in [2.45, 2.75) is 11.3 Å². The van der Waals surface area contributed by atoms with Crippen LogP contribution in [0.2, 0.25) is 0 Å². The van der Waals surface area contributed by atoms with Crippen molar-refractivity contribution in [3.05, 3.63) is 60.2 Å². The highest BCUT2D eigenvalue weighted by Crippen LogP contribution is 2.22. The predicted octanol–water partition coefficient (Wildman–Crippen LogP) is 2.36. The van der Waals surface area contributed by atoms with E-state index in [1.54, 1.807) is 41.3 Å². The van der Waals surface area contributed by atoms with Crippen molar-refractivity contribution in [3.8, 4) is 0 Å². The lowest BCUT2D eigenvalue weighted by atomic mass is 10.1. The zero-order valence-electron chi connectivity index (χ0n) is 12.8. The van der Waals surface area contributed by atoms with Gasteiger partial charge in [0.2, 0.25) is 0 Å². The Labute approximate surface area is 136 Å². The van der Waals surface area contributed by atoms with Crippen LogP contribution in [0.4, 0.5) is 5.69 Å². The van der Waals surface area contributed by atoms with E-state index in [4.69, 9.17) is 0 Å². The summed E-state index contributed by atoms with van der Waals surface area (Å²) < 4.78 is 26.5. The summed E-state index contributed by atoms with van der Waals surface area (Å²) in [5, 5.41) is 0. The molecule has 0 unspecified atom stereocenters. The lowest BCUT2D eigenvalue weighted by Crippen LogP contribution is -2.42. The Morgan fingerprint density at radius 3 is 2.13 bits per heavy atom. The molecule has 3 rings (SSSR count). The summed E-state index contributed by atoms with van der Waals surface area (Å²) in [6, 6.07) is 15.0. The number of hydrogen-bond acceptors (Lipinski definition) is 3. The molecule has 0 N–H and O–H groups in total. The third-order valence-corrected chi connectivity index (χ3v) is 5.82. The molecule has 6 heteroatoms. The van der Waals surface area contributed by atoms with Gasteiger partial charge in [0.25, 0.3) is 15.9 Å². The van der Waals surface area contributed by atoms with Gasteiger partial charge in [0.05, 0.1) is 10.6 Å². The first kappa shape index (κ1) is 15.6. The van der Waals surface area contributed by atoms with Crippen molar-refractivity contribution in [2.75, 3.05) is 24.4 Å². The number of carbonyl (C=O) groups is 1. The molecule has 0 aromatic heterocycles. The number of carbonyl (C=O) groups excluding carboxylic acids is 1. The quantitative estimate of drug-likeness (QED) is 0.865. The van der Waals surface area contributed by atoms with Crippen molar-refractivity contribution in [2.24, 2.45) is 0 Å². The fraction of sp³-hybridized carbons (Fsp3) is 0.235. The number of nitrogens with zero attached hydrogens (tertiary/aromatic N) is 2. The maximum atomic E-state index is 12.6. The standard InChI is InChI=1S/C17H18N2O3S/c1-18(15-6-3-2-4-7-15)23(21,22)16-10-8-14(9-11-16)17(20)19-12-5-13-19/h2-4,6-11H,5,12-13H2,1H3. The molecule has 0 saturated carbocycles. The monoisotopic (exact) mass is 330 g/mol. The molecule has 0 aliphatic carbocycles. The van der Waals surface area contributed by atoms with E-state index >= 15 is 0 Å². The Hall–Kier alpha value is -2.34. The third-order valence-electron chi connectivity index (χ3n) is 4.02. The Bertz CT molecular complexity index is 797. The summed E-state index contributed by atoms with van der Waals surface area (Å²) in [6.07, 6.45) is 1.03. The summed E-state index contributed by atoms with van der Waals surface area (Å²) in [5.74, 6) is -0.0448. The van der Waals surface area contributed by atoms with E-state index in [0.717, 1.165) is 19.5 Å². The third kappa shape index (κ3) is 2.94. The maximum Gasteiger partial charge on any atom is 0.264 e. The summed E-state index contributed by atoms with van der Waals surface area (Å²) in [7, 11) is -2.12. The molecule has 0 spiro atoms. The molecule has 0 bridgehead atoms. The molecule has 1 aliphatic rings. The van der Waals surface area contributed by atoms with Crippen molar-refractivity contribution in [1.29, 1.82) is 0 Å². The largest absolute Gasteiger partial charge is 0.339 e. The smallest absolute Gasteiger partial charge is 0.264 e. The average Bonchev–Trinajstić information content (AvgIpc) is 2.53. The zero-order valence-corrected chi connectivity index (χ0v) is 13.7. The van der Waals surface area contributed by atoms with Gasteiger partial charge in [0, 0.05) is 25.7 Å². The number of anilines is 1. The Morgan fingerprint density at radius 1 is 1.00 bits per heavy atom. The highest BCUT2D eigenvalue weighted by atomic mass is 32.2. The normalized spacial score (nSPS) is 14.2. The molecule has 1 amide bonds. The minimum Gasteiger partial charge on any atom is -0.339 e. The lowest BCUT2D eigenvalue weighted by Gasteiger charge is -2.30. The number of rotatable bonds is 4. The fourth-order valence-corrected chi connectivity index (χ4v) is 3.60. The first-order valence-electron chi connectivity index (χ1n) is 7.43. The number of amides is 1. The zero-order chi connectivity index (χ0) is 16.4.